The van der Waals surface area contributed by atoms with Gasteiger partial charge in [-0.25, -0.2) is 0 Å². The molecule has 1 aliphatic carbocycles. The predicted molar refractivity (Wildman–Crippen MR) is 82.5 cm³/mol. The van der Waals surface area contributed by atoms with E-state index in [1.54, 1.807) is 0 Å². The largest absolute Gasteiger partial charge is 0.378 e. The number of nitrogens with two attached hydrogens (primary N) is 1. The Morgan fingerprint density at radius 3 is 2.57 bits per heavy atom. The van der Waals surface area contributed by atoms with Gasteiger partial charge in [0.05, 0.1) is 13.2 Å². The first-order valence-electron chi connectivity index (χ1n) is 7.70. The summed E-state index contributed by atoms with van der Waals surface area (Å²) in [6.07, 6.45) is 2.40. The summed E-state index contributed by atoms with van der Waals surface area (Å²) in [5.41, 5.74) is 7.83. The number of nitrogens with one attached hydrogen (secondary N) is 1. The van der Waals surface area contributed by atoms with Gasteiger partial charge < -0.3 is 20.7 Å². The third-order valence-electron chi connectivity index (χ3n) is 4.23. The standard InChI is InChI=1S/C16H23N3O2/c17-15(12-1-2-12)11-18-16(20)13-3-5-14(6-4-13)19-7-9-21-10-8-19/h3-6,12,15H,1-2,7-11,17H2,(H,18,20). The predicted octanol–water partition coefficient (Wildman–Crippen LogP) is 0.990. The van der Waals surface area contributed by atoms with Gasteiger partial charge in [-0.3, -0.25) is 4.79 Å². The van der Waals surface area contributed by atoms with Crippen LogP contribution >= 0.6 is 0 Å². The number of hydrogen-bond donors (Lipinski definition) is 2. The fraction of sp³-hybridized carbons (Fsp3) is 0.562. The number of anilines is 1. The number of ether oxygens (including phenoxy) is 1. The molecular formula is C16H23N3O2. The summed E-state index contributed by atoms with van der Waals surface area (Å²) in [5.74, 6) is 0.564. The van der Waals surface area contributed by atoms with Crippen LogP contribution in [0.25, 0.3) is 0 Å². The van der Waals surface area contributed by atoms with Crippen molar-refractivity contribution in [2.24, 2.45) is 11.7 Å². The fourth-order valence-electron chi connectivity index (χ4n) is 2.65. The zero-order valence-electron chi connectivity index (χ0n) is 12.3. The molecule has 5 heteroatoms. The number of rotatable bonds is 5. The lowest BCUT2D eigenvalue weighted by atomic mass is 10.1. The van der Waals surface area contributed by atoms with Crippen molar-refractivity contribution in [1.29, 1.82) is 0 Å². The number of carbonyl (C=O) groups is 1. The van der Waals surface area contributed by atoms with Crippen LogP contribution in [0.1, 0.15) is 23.2 Å². The van der Waals surface area contributed by atoms with E-state index in [-0.39, 0.29) is 11.9 Å². The number of amides is 1. The maximum atomic E-state index is 12.1. The van der Waals surface area contributed by atoms with Crippen molar-refractivity contribution in [3.8, 4) is 0 Å². The minimum absolute atomic E-state index is 0.0420. The molecule has 1 saturated carbocycles. The number of nitrogens with zero attached hydrogens (tertiary/aromatic N) is 1. The third-order valence-corrected chi connectivity index (χ3v) is 4.23. The molecule has 5 nitrogen and oxygen atoms in total. The average Bonchev–Trinajstić information content (AvgIpc) is 3.38. The highest BCUT2D eigenvalue weighted by atomic mass is 16.5. The van der Waals surface area contributed by atoms with Gasteiger partial charge in [0.25, 0.3) is 5.91 Å². The lowest BCUT2D eigenvalue weighted by Crippen LogP contribution is -2.38. The summed E-state index contributed by atoms with van der Waals surface area (Å²) >= 11 is 0. The first kappa shape index (κ1) is 14.4. The van der Waals surface area contributed by atoms with Crippen molar-refractivity contribution in [3.63, 3.8) is 0 Å². The van der Waals surface area contributed by atoms with Crippen LogP contribution in [0.3, 0.4) is 0 Å². The molecular weight excluding hydrogens is 266 g/mol. The number of carbonyl (C=O) groups excluding carboxylic acids is 1. The van der Waals surface area contributed by atoms with Crippen LogP contribution in [0.4, 0.5) is 5.69 Å². The van der Waals surface area contributed by atoms with E-state index in [1.807, 2.05) is 24.3 Å². The zero-order chi connectivity index (χ0) is 14.7. The fourth-order valence-corrected chi connectivity index (χ4v) is 2.65. The molecule has 0 radical (unpaired) electrons. The third kappa shape index (κ3) is 3.74. The van der Waals surface area contributed by atoms with Gasteiger partial charge in [0.15, 0.2) is 0 Å². The van der Waals surface area contributed by atoms with Crippen molar-refractivity contribution < 1.29 is 9.53 Å². The van der Waals surface area contributed by atoms with Crippen LogP contribution in [0, 0.1) is 5.92 Å². The van der Waals surface area contributed by atoms with E-state index in [9.17, 15) is 4.79 Å². The van der Waals surface area contributed by atoms with Gasteiger partial charge in [-0.05, 0) is 43.0 Å². The van der Waals surface area contributed by atoms with Crippen molar-refractivity contribution in [2.75, 3.05) is 37.7 Å². The first-order chi connectivity index (χ1) is 10.2. The van der Waals surface area contributed by atoms with E-state index >= 15 is 0 Å². The topological polar surface area (TPSA) is 67.6 Å². The van der Waals surface area contributed by atoms with Crippen LogP contribution in [-0.2, 0) is 4.74 Å². The van der Waals surface area contributed by atoms with Gasteiger partial charge in [0.2, 0.25) is 0 Å². The molecule has 21 heavy (non-hydrogen) atoms. The van der Waals surface area contributed by atoms with Gasteiger partial charge in [-0.15, -0.1) is 0 Å². The molecule has 0 bridgehead atoms. The van der Waals surface area contributed by atoms with Gasteiger partial charge in [-0.2, -0.15) is 0 Å². The Labute approximate surface area is 125 Å². The summed E-state index contributed by atoms with van der Waals surface area (Å²) < 4.78 is 5.34. The number of morpholine rings is 1. The van der Waals surface area contributed by atoms with Crippen molar-refractivity contribution >= 4 is 11.6 Å². The average molecular weight is 289 g/mol. The van der Waals surface area contributed by atoms with E-state index in [1.165, 1.54) is 12.8 Å². The molecule has 1 unspecified atom stereocenters. The zero-order valence-corrected chi connectivity index (χ0v) is 12.3. The van der Waals surface area contributed by atoms with Crippen LogP contribution in [0.2, 0.25) is 0 Å². The maximum absolute atomic E-state index is 12.1. The highest BCUT2D eigenvalue weighted by molar-refractivity contribution is 5.94. The summed E-state index contributed by atoms with van der Waals surface area (Å²) in [6, 6.07) is 7.86. The van der Waals surface area contributed by atoms with Crippen LogP contribution in [0.5, 0.6) is 0 Å². The van der Waals surface area contributed by atoms with Crippen molar-refractivity contribution in [2.45, 2.75) is 18.9 Å². The molecule has 0 spiro atoms. The van der Waals surface area contributed by atoms with E-state index in [0.717, 1.165) is 32.0 Å². The van der Waals surface area contributed by atoms with Gasteiger partial charge in [0, 0.05) is 36.9 Å². The van der Waals surface area contributed by atoms with Crippen molar-refractivity contribution in [1.82, 2.24) is 5.32 Å². The molecule has 2 aliphatic rings. The maximum Gasteiger partial charge on any atom is 0.251 e. The van der Waals surface area contributed by atoms with E-state index < -0.39 is 0 Å². The van der Waals surface area contributed by atoms with Gasteiger partial charge in [0.1, 0.15) is 0 Å². The second-order valence-electron chi connectivity index (χ2n) is 5.86. The van der Waals surface area contributed by atoms with Crippen LogP contribution in [-0.4, -0.2) is 44.8 Å². The lowest BCUT2D eigenvalue weighted by molar-refractivity contribution is 0.0950. The molecule has 2 fully saturated rings. The molecule has 1 amide bonds. The molecule has 1 atom stereocenters. The first-order valence-corrected chi connectivity index (χ1v) is 7.70. The van der Waals surface area contributed by atoms with Crippen molar-refractivity contribution in [3.05, 3.63) is 29.8 Å². The smallest absolute Gasteiger partial charge is 0.251 e. The number of benzene rings is 1. The molecule has 3 N–H and O–H groups in total. The lowest BCUT2D eigenvalue weighted by Gasteiger charge is -2.28. The Balaban J connectivity index is 1.53. The minimum atomic E-state index is -0.0420. The Morgan fingerprint density at radius 1 is 1.29 bits per heavy atom. The van der Waals surface area contributed by atoms with E-state index in [0.29, 0.717) is 18.0 Å². The summed E-state index contributed by atoms with van der Waals surface area (Å²) in [7, 11) is 0. The molecule has 0 aromatic heterocycles. The highest BCUT2D eigenvalue weighted by Gasteiger charge is 2.28. The Kier molecular flexibility index (Phi) is 4.41. The van der Waals surface area contributed by atoms with Crippen LogP contribution in [0.15, 0.2) is 24.3 Å². The second-order valence-corrected chi connectivity index (χ2v) is 5.86. The Morgan fingerprint density at radius 2 is 1.95 bits per heavy atom. The van der Waals surface area contributed by atoms with Gasteiger partial charge >= 0.3 is 0 Å². The monoisotopic (exact) mass is 289 g/mol. The molecule has 1 heterocycles. The molecule has 1 aromatic rings. The van der Waals surface area contributed by atoms with E-state index in [4.69, 9.17) is 10.5 Å². The van der Waals surface area contributed by atoms with E-state index in [2.05, 4.69) is 10.2 Å². The quantitative estimate of drug-likeness (QED) is 0.848. The summed E-state index contributed by atoms with van der Waals surface area (Å²) in [5, 5.41) is 2.92. The Bertz CT molecular complexity index is 479. The second kappa shape index (κ2) is 6.45. The molecule has 1 saturated heterocycles. The van der Waals surface area contributed by atoms with Crippen LogP contribution < -0.4 is 16.0 Å². The molecule has 114 valence electrons. The highest BCUT2D eigenvalue weighted by Crippen LogP contribution is 2.31. The summed E-state index contributed by atoms with van der Waals surface area (Å²) in [6.45, 7) is 3.90. The Hall–Kier alpha value is -1.59. The SMILES string of the molecule is NC(CNC(=O)c1ccc(N2CCOCC2)cc1)C1CC1. The number of hydrogen-bond acceptors (Lipinski definition) is 4. The normalized spacial score (nSPS) is 20.1. The van der Waals surface area contributed by atoms with Gasteiger partial charge in [-0.1, -0.05) is 0 Å². The summed E-state index contributed by atoms with van der Waals surface area (Å²) in [4.78, 5) is 14.4. The molecule has 1 aliphatic heterocycles. The minimum Gasteiger partial charge on any atom is -0.378 e. The molecule has 1 aromatic carbocycles. The molecule has 3 rings (SSSR count).